The van der Waals surface area contributed by atoms with Crippen LogP contribution in [0.2, 0.25) is 0 Å². The number of nitrogens with zero attached hydrogens (tertiary/aromatic N) is 4. The first-order valence-electron chi connectivity index (χ1n) is 5.68. The van der Waals surface area contributed by atoms with Gasteiger partial charge in [0.15, 0.2) is 11.2 Å². The Kier molecular flexibility index (Phi) is 2.87. The summed E-state index contributed by atoms with van der Waals surface area (Å²) in [5.41, 5.74) is 0.365. The van der Waals surface area contributed by atoms with Gasteiger partial charge in [-0.05, 0) is 6.42 Å². The summed E-state index contributed by atoms with van der Waals surface area (Å²) in [7, 11) is 3.25. The molecule has 0 aliphatic carbocycles. The highest BCUT2D eigenvalue weighted by atomic mass is 16.2. The second-order valence-electron chi connectivity index (χ2n) is 4.18. The third-order valence-electron chi connectivity index (χ3n) is 2.93. The predicted octanol–water partition coefficient (Wildman–Crippen LogP) is 0.234. The van der Waals surface area contributed by atoms with Gasteiger partial charge in [0, 0.05) is 20.6 Å². The van der Waals surface area contributed by atoms with E-state index < -0.39 is 0 Å². The summed E-state index contributed by atoms with van der Waals surface area (Å²) in [5.74, 6) is 0. The maximum absolute atomic E-state index is 12.0. The molecule has 6 nitrogen and oxygen atoms in total. The zero-order chi connectivity index (χ0) is 12.6. The first-order valence-corrected chi connectivity index (χ1v) is 5.68. The number of unbranched alkanes of at least 4 members (excludes halogenated alkanes) is 1. The van der Waals surface area contributed by atoms with E-state index >= 15 is 0 Å². The van der Waals surface area contributed by atoms with Crippen molar-refractivity contribution in [2.75, 3.05) is 0 Å². The molecule has 0 N–H and O–H groups in total. The first-order chi connectivity index (χ1) is 8.07. The molecule has 0 atom stereocenters. The van der Waals surface area contributed by atoms with Crippen molar-refractivity contribution < 1.29 is 0 Å². The summed E-state index contributed by atoms with van der Waals surface area (Å²) >= 11 is 0. The zero-order valence-corrected chi connectivity index (χ0v) is 10.3. The Hall–Kier alpha value is -1.85. The van der Waals surface area contributed by atoms with Crippen molar-refractivity contribution in [2.45, 2.75) is 26.3 Å². The molecule has 0 amide bonds. The number of fused-ring (bicyclic) bond motifs is 1. The number of aryl methyl sites for hydroxylation is 2. The average molecular weight is 236 g/mol. The van der Waals surface area contributed by atoms with Gasteiger partial charge >= 0.3 is 5.69 Å². The molecule has 2 heterocycles. The van der Waals surface area contributed by atoms with Crippen molar-refractivity contribution in [1.82, 2.24) is 18.7 Å². The topological polar surface area (TPSA) is 61.8 Å². The van der Waals surface area contributed by atoms with Crippen LogP contribution in [0.25, 0.3) is 11.2 Å². The van der Waals surface area contributed by atoms with Gasteiger partial charge < -0.3 is 4.57 Å². The van der Waals surface area contributed by atoms with E-state index in [-0.39, 0.29) is 11.2 Å². The van der Waals surface area contributed by atoms with Crippen LogP contribution in [-0.4, -0.2) is 18.7 Å². The summed E-state index contributed by atoms with van der Waals surface area (Å²) in [6, 6.07) is 0. The van der Waals surface area contributed by atoms with Crippen LogP contribution < -0.4 is 11.2 Å². The van der Waals surface area contributed by atoms with Crippen LogP contribution in [-0.2, 0) is 20.6 Å². The predicted molar refractivity (Wildman–Crippen MR) is 65.1 cm³/mol. The molecule has 0 radical (unpaired) electrons. The quantitative estimate of drug-likeness (QED) is 0.766. The first kappa shape index (κ1) is 11.6. The molecule has 0 aromatic carbocycles. The number of hydrogen-bond donors (Lipinski definition) is 0. The van der Waals surface area contributed by atoms with Crippen molar-refractivity contribution in [1.29, 1.82) is 0 Å². The number of hydrogen-bond acceptors (Lipinski definition) is 3. The fraction of sp³-hybridized carbons (Fsp3) is 0.545. The Balaban J connectivity index is 2.82. The van der Waals surface area contributed by atoms with E-state index in [1.54, 1.807) is 22.5 Å². The highest BCUT2D eigenvalue weighted by molar-refractivity contribution is 5.69. The van der Waals surface area contributed by atoms with Crippen molar-refractivity contribution in [3.8, 4) is 0 Å². The molecule has 0 saturated carbocycles. The fourth-order valence-corrected chi connectivity index (χ4v) is 1.90. The molecule has 0 spiro atoms. The van der Waals surface area contributed by atoms with Gasteiger partial charge in [-0.25, -0.2) is 9.78 Å². The summed E-state index contributed by atoms with van der Waals surface area (Å²) in [5, 5.41) is 0. The molecule has 2 rings (SSSR count). The van der Waals surface area contributed by atoms with E-state index in [4.69, 9.17) is 0 Å². The Labute approximate surface area is 98.1 Å². The Morgan fingerprint density at radius 1 is 1.29 bits per heavy atom. The highest BCUT2D eigenvalue weighted by Gasteiger charge is 2.14. The van der Waals surface area contributed by atoms with Crippen LogP contribution in [0, 0.1) is 0 Å². The van der Waals surface area contributed by atoms with Gasteiger partial charge in [-0.15, -0.1) is 0 Å². The van der Waals surface area contributed by atoms with Crippen LogP contribution in [0.5, 0.6) is 0 Å². The van der Waals surface area contributed by atoms with Gasteiger partial charge in [0.2, 0.25) is 0 Å². The van der Waals surface area contributed by atoms with Gasteiger partial charge in [0.1, 0.15) is 0 Å². The van der Waals surface area contributed by atoms with Gasteiger partial charge in [-0.1, -0.05) is 13.3 Å². The molecule has 6 heteroatoms. The molecule has 0 aliphatic heterocycles. The Morgan fingerprint density at radius 2 is 2.00 bits per heavy atom. The Morgan fingerprint density at radius 3 is 2.65 bits per heavy atom. The lowest BCUT2D eigenvalue weighted by Crippen LogP contribution is -2.38. The molecule has 0 unspecified atom stereocenters. The number of imidazole rings is 1. The fourth-order valence-electron chi connectivity index (χ4n) is 1.90. The van der Waals surface area contributed by atoms with Gasteiger partial charge in [0.25, 0.3) is 5.56 Å². The Bertz CT molecular complexity index is 662. The average Bonchev–Trinajstić information content (AvgIpc) is 2.69. The van der Waals surface area contributed by atoms with E-state index in [9.17, 15) is 9.59 Å². The lowest BCUT2D eigenvalue weighted by Gasteiger charge is -2.08. The summed E-state index contributed by atoms with van der Waals surface area (Å²) < 4.78 is 4.36. The maximum atomic E-state index is 12.0. The van der Waals surface area contributed by atoms with Crippen molar-refractivity contribution in [2.24, 2.45) is 14.1 Å². The smallest absolute Gasteiger partial charge is 0.328 e. The molecule has 17 heavy (non-hydrogen) atoms. The lowest BCUT2D eigenvalue weighted by atomic mass is 10.3. The van der Waals surface area contributed by atoms with Gasteiger partial charge in [-0.3, -0.25) is 13.9 Å². The number of aromatic nitrogens is 4. The van der Waals surface area contributed by atoms with Crippen molar-refractivity contribution >= 4 is 11.2 Å². The van der Waals surface area contributed by atoms with E-state index in [0.717, 1.165) is 17.4 Å². The number of rotatable bonds is 3. The normalized spacial score (nSPS) is 11.2. The van der Waals surface area contributed by atoms with Crippen LogP contribution in [0.4, 0.5) is 0 Å². The minimum Gasteiger partial charge on any atom is -0.328 e. The third-order valence-corrected chi connectivity index (χ3v) is 2.93. The second-order valence-corrected chi connectivity index (χ2v) is 4.18. The minimum atomic E-state index is -0.297. The van der Waals surface area contributed by atoms with E-state index in [1.165, 1.54) is 7.05 Å². The maximum Gasteiger partial charge on any atom is 0.332 e. The lowest BCUT2D eigenvalue weighted by molar-refractivity contribution is 0.583. The van der Waals surface area contributed by atoms with Gasteiger partial charge in [-0.2, -0.15) is 0 Å². The molecule has 2 aromatic heterocycles. The molecular weight excluding hydrogens is 220 g/mol. The van der Waals surface area contributed by atoms with Crippen molar-refractivity contribution in [3.63, 3.8) is 0 Å². The van der Waals surface area contributed by atoms with Crippen LogP contribution in [0.1, 0.15) is 19.8 Å². The van der Waals surface area contributed by atoms with Gasteiger partial charge in [0.05, 0.1) is 6.33 Å². The molecule has 0 fully saturated rings. The van der Waals surface area contributed by atoms with Crippen molar-refractivity contribution in [3.05, 3.63) is 27.2 Å². The molecular formula is C11H16N4O2. The van der Waals surface area contributed by atoms with Crippen LogP contribution in [0.15, 0.2) is 15.9 Å². The summed E-state index contributed by atoms with van der Waals surface area (Å²) in [4.78, 5) is 28.1. The van der Waals surface area contributed by atoms with Crippen LogP contribution >= 0.6 is 0 Å². The largest absolute Gasteiger partial charge is 0.332 e. The molecule has 0 saturated heterocycles. The summed E-state index contributed by atoms with van der Waals surface area (Å²) in [6.07, 6.45) is 3.45. The van der Waals surface area contributed by atoms with Crippen LogP contribution in [0.3, 0.4) is 0 Å². The highest BCUT2D eigenvalue weighted by Crippen LogP contribution is 2.05. The zero-order valence-electron chi connectivity index (χ0n) is 10.3. The third kappa shape index (κ3) is 1.69. The molecule has 0 aliphatic rings. The monoisotopic (exact) mass is 236 g/mol. The SMILES string of the molecule is CCCCn1c(=O)n(C)c(=O)c2c1ncn2C. The van der Waals surface area contributed by atoms with E-state index in [1.807, 2.05) is 0 Å². The summed E-state index contributed by atoms with van der Waals surface area (Å²) in [6.45, 7) is 2.65. The van der Waals surface area contributed by atoms with E-state index in [0.29, 0.717) is 17.7 Å². The molecule has 2 aromatic rings. The minimum absolute atomic E-state index is 0.294. The standard InChI is InChI=1S/C11H16N4O2/c1-4-5-6-15-9-8(13(2)7-12-9)10(16)14(3)11(15)17/h7H,4-6H2,1-3H3. The molecule has 92 valence electrons. The second kappa shape index (κ2) is 4.20. The van der Waals surface area contributed by atoms with E-state index in [2.05, 4.69) is 11.9 Å². The molecule has 0 bridgehead atoms.